The fourth-order valence-electron chi connectivity index (χ4n) is 2.21. The van der Waals surface area contributed by atoms with Gasteiger partial charge in [0.1, 0.15) is 0 Å². The highest BCUT2D eigenvalue weighted by Gasteiger charge is 2.35. The summed E-state index contributed by atoms with van der Waals surface area (Å²) >= 11 is 6.04. The molecule has 0 aromatic carbocycles. The van der Waals surface area contributed by atoms with E-state index in [9.17, 15) is 5.11 Å². The molecule has 1 N–H and O–H groups in total. The number of ether oxygens (including phenoxy) is 1. The van der Waals surface area contributed by atoms with Crippen molar-refractivity contribution in [3.63, 3.8) is 0 Å². The van der Waals surface area contributed by atoms with Crippen LogP contribution in [-0.2, 0) is 11.2 Å². The van der Waals surface area contributed by atoms with Crippen molar-refractivity contribution in [2.24, 2.45) is 0 Å². The van der Waals surface area contributed by atoms with E-state index in [1.54, 1.807) is 12.4 Å². The number of hydrogen-bond donors (Lipinski definition) is 1. The first-order valence-electron chi connectivity index (χ1n) is 6.02. The first kappa shape index (κ1) is 12.8. The van der Waals surface area contributed by atoms with Crippen LogP contribution in [0.1, 0.15) is 31.7 Å². The molecule has 94 valence electrons. The zero-order valence-corrected chi connectivity index (χ0v) is 10.8. The molecule has 17 heavy (non-hydrogen) atoms. The highest BCUT2D eigenvalue weighted by Crippen LogP contribution is 2.30. The van der Waals surface area contributed by atoms with Gasteiger partial charge in [-0.3, -0.25) is 4.98 Å². The van der Waals surface area contributed by atoms with Gasteiger partial charge in [-0.2, -0.15) is 0 Å². The van der Waals surface area contributed by atoms with Crippen molar-refractivity contribution in [3.05, 3.63) is 29.0 Å². The zero-order valence-electron chi connectivity index (χ0n) is 10.0. The Kier molecular flexibility index (Phi) is 4.02. The summed E-state index contributed by atoms with van der Waals surface area (Å²) in [4.78, 5) is 3.94. The molecule has 1 aliphatic heterocycles. The van der Waals surface area contributed by atoms with Gasteiger partial charge in [-0.1, -0.05) is 11.6 Å². The SMILES string of the molecule is CC1(C(O)Cc2ccncc2Cl)CCCCO1. The molecular formula is C13H18ClNO2. The third-order valence-electron chi connectivity index (χ3n) is 3.47. The Morgan fingerprint density at radius 2 is 2.41 bits per heavy atom. The molecule has 2 unspecified atom stereocenters. The average Bonchev–Trinajstić information content (AvgIpc) is 2.33. The van der Waals surface area contributed by atoms with Crippen molar-refractivity contribution in [1.82, 2.24) is 4.98 Å². The average molecular weight is 256 g/mol. The van der Waals surface area contributed by atoms with Crippen LogP contribution < -0.4 is 0 Å². The molecule has 0 saturated carbocycles. The van der Waals surface area contributed by atoms with Gasteiger partial charge in [0, 0.05) is 25.4 Å². The van der Waals surface area contributed by atoms with Gasteiger partial charge in [0.2, 0.25) is 0 Å². The summed E-state index contributed by atoms with van der Waals surface area (Å²) < 4.78 is 5.73. The van der Waals surface area contributed by atoms with Gasteiger partial charge in [0.05, 0.1) is 16.7 Å². The summed E-state index contributed by atoms with van der Waals surface area (Å²) in [5.74, 6) is 0. The third-order valence-corrected chi connectivity index (χ3v) is 3.81. The van der Waals surface area contributed by atoms with E-state index in [0.717, 1.165) is 31.4 Å². The maximum Gasteiger partial charge on any atom is 0.0915 e. The van der Waals surface area contributed by atoms with E-state index in [1.807, 2.05) is 13.0 Å². The Morgan fingerprint density at radius 3 is 3.06 bits per heavy atom. The molecule has 1 fully saturated rings. The molecule has 0 radical (unpaired) electrons. The maximum atomic E-state index is 10.3. The molecule has 3 nitrogen and oxygen atoms in total. The van der Waals surface area contributed by atoms with Gasteiger partial charge in [-0.25, -0.2) is 0 Å². The molecule has 2 atom stereocenters. The van der Waals surface area contributed by atoms with Crippen LogP contribution >= 0.6 is 11.6 Å². The van der Waals surface area contributed by atoms with Crippen LogP contribution in [0.4, 0.5) is 0 Å². The number of hydrogen-bond acceptors (Lipinski definition) is 3. The van der Waals surface area contributed by atoms with Gasteiger partial charge in [0.15, 0.2) is 0 Å². The first-order chi connectivity index (χ1) is 8.12. The molecule has 1 aliphatic rings. The fourth-order valence-corrected chi connectivity index (χ4v) is 2.41. The number of aliphatic hydroxyl groups is 1. The van der Waals surface area contributed by atoms with Crippen LogP contribution in [0.5, 0.6) is 0 Å². The number of halogens is 1. The van der Waals surface area contributed by atoms with E-state index in [1.165, 1.54) is 0 Å². The van der Waals surface area contributed by atoms with Crippen molar-refractivity contribution in [2.45, 2.75) is 44.3 Å². The molecule has 0 spiro atoms. The molecule has 1 aromatic rings. The number of nitrogens with zero attached hydrogens (tertiary/aromatic N) is 1. The second-order valence-electron chi connectivity index (χ2n) is 4.81. The molecule has 1 saturated heterocycles. The minimum absolute atomic E-state index is 0.440. The van der Waals surface area contributed by atoms with Crippen LogP contribution in [0.25, 0.3) is 0 Å². The molecule has 1 aromatic heterocycles. The number of aliphatic hydroxyl groups excluding tert-OH is 1. The van der Waals surface area contributed by atoms with Crippen molar-refractivity contribution in [1.29, 1.82) is 0 Å². The Labute approximate surface area is 107 Å². The molecular weight excluding hydrogens is 238 g/mol. The van der Waals surface area contributed by atoms with Crippen molar-refractivity contribution >= 4 is 11.6 Å². The predicted molar refractivity (Wildman–Crippen MR) is 67.2 cm³/mol. The zero-order chi connectivity index (χ0) is 12.3. The normalized spacial score (nSPS) is 26.8. The summed E-state index contributed by atoms with van der Waals surface area (Å²) in [6.07, 6.45) is 6.37. The van der Waals surface area contributed by atoms with Gasteiger partial charge >= 0.3 is 0 Å². The Balaban J connectivity index is 2.05. The summed E-state index contributed by atoms with van der Waals surface area (Å²) in [7, 11) is 0. The van der Waals surface area contributed by atoms with E-state index in [2.05, 4.69) is 4.98 Å². The lowest BCUT2D eigenvalue weighted by Gasteiger charge is -2.38. The topological polar surface area (TPSA) is 42.4 Å². The monoisotopic (exact) mass is 255 g/mol. The first-order valence-corrected chi connectivity index (χ1v) is 6.40. The van der Waals surface area contributed by atoms with Gasteiger partial charge in [-0.15, -0.1) is 0 Å². The third kappa shape index (κ3) is 2.97. The van der Waals surface area contributed by atoms with E-state index in [-0.39, 0.29) is 0 Å². The Morgan fingerprint density at radius 1 is 1.59 bits per heavy atom. The van der Waals surface area contributed by atoms with Gasteiger partial charge in [-0.05, 0) is 37.8 Å². The van der Waals surface area contributed by atoms with Crippen molar-refractivity contribution < 1.29 is 9.84 Å². The summed E-state index contributed by atoms with van der Waals surface area (Å²) in [6.45, 7) is 2.71. The highest BCUT2D eigenvalue weighted by atomic mass is 35.5. The second kappa shape index (κ2) is 5.34. The Bertz CT molecular complexity index is 377. The smallest absolute Gasteiger partial charge is 0.0915 e. The lowest BCUT2D eigenvalue weighted by atomic mass is 9.87. The standard InChI is InChI=1S/C13H18ClNO2/c1-13(5-2-3-7-17-13)12(16)8-10-4-6-15-9-11(10)14/h4,6,9,12,16H,2-3,5,7-8H2,1H3. The minimum Gasteiger partial charge on any atom is -0.390 e. The molecule has 2 heterocycles. The van der Waals surface area contributed by atoms with Crippen LogP contribution in [0, 0.1) is 0 Å². The molecule has 2 rings (SSSR count). The minimum atomic E-state index is -0.525. The van der Waals surface area contributed by atoms with E-state index >= 15 is 0 Å². The van der Waals surface area contributed by atoms with E-state index < -0.39 is 11.7 Å². The molecule has 4 heteroatoms. The van der Waals surface area contributed by atoms with Gasteiger partial charge in [0.25, 0.3) is 0 Å². The van der Waals surface area contributed by atoms with Crippen LogP contribution in [-0.4, -0.2) is 28.4 Å². The second-order valence-corrected chi connectivity index (χ2v) is 5.21. The lowest BCUT2D eigenvalue weighted by molar-refractivity contribution is -0.135. The quantitative estimate of drug-likeness (QED) is 0.903. The van der Waals surface area contributed by atoms with Crippen LogP contribution in [0.2, 0.25) is 5.02 Å². The predicted octanol–water partition coefficient (Wildman–Crippen LogP) is 2.60. The number of pyridine rings is 1. The van der Waals surface area contributed by atoms with Crippen LogP contribution in [0.15, 0.2) is 18.5 Å². The molecule has 0 bridgehead atoms. The summed E-state index contributed by atoms with van der Waals surface area (Å²) in [5.41, 5.74) is 0.481. The van der Waals surface area contributed by atoms with Gasteiger partial charge < -0.3 is 9.84 Å². The lowest BCUT2D eigenvalue weighted by Crippen LogP contribution is -2.45. The molecule has 0 amide bonds. The van der Waals surface area contributed by atoms with E-state index in [0.29, 0.717) is 11.4 Å². The number of aromatic nitrogens is 1. The highest BCUT2D eigenvalue weighted by molar-refractivity contribution is 6.31. The largest absolute Gasteiger partial charge is 0.390 e. The van der Waals surface area contributed by atoms with Crippen molar-refractivity contribution in [3.8, 4) is 0 Å². The Hall–Kier alpha value is -0.640. The van der Waals surface area contributed by atoms with Crippen molar-refractivity contribution in [2.75, 3.05) is 6.61 Å². The van der Waals surface area contributed by atoms with E-state index in [4.69, 9.17) is 16.3 Å². The maximum absolute atomic E-state index is 10.3. The fraction of sp³-hybridized carbons (Fsp3) is 0.615. The van der Waals surface area contributed by atoms with Crippen LogP contribution in [0.3, 0.4) is 0 Å². The summed E-state index contributed by atoms with van der Waals surface area (Å²) in [5, 5.41) is 10.9. The molecule has 0 aliphatic carbocycles. The summed E-state index contributed by atoms with van der Waals surface area (Å²) in [6, 6.07) is 1.84. The number of rotatable bonds is 3.